The molecule has 128 valence electrons. The van der Waals surface area contributed by atoms with Crippen molar-refractivity contribution in [3.63, 3.8) is 0 Å². The summed E-state index contributed by atoms with van der Waals surface area (Å²) in [6, 6.07) is 1.29. The predicted octanol–water partition coefficient (Wildman–Crippen LogP) is 1.30. The van der Waals surface area contributed by atoms with Crippen molar-refractivity contribution < 1.29 is 19.2 Å². The van der Waals surface area contributed by atoms with Crippen molar-refractivity contribution in [2.75, 3.05) is 11.9 Å². The van der Waals surface area contributed by atoms with Crippen LogP contribution >= 0.6 is 11.3 Å². The number of anilines is 1. The lowest BCUT2D eigenvalue weighted by Crippen LogP contribution is -2.20. The van der Waals surface area contributed by atoms with Crippen LogP contribution in [0.4, 0.5) is 10.9 Å². The van der Waals surface area contributed by atoms with Gasteiger partial charge in [0.25, 0.3) is 0 Å². The Labute approximate surface area is 140 Å². The average Bonchev–Trinajstić information content (AvgIpc) is 3.07. The molecule has 0 spiro atoms. The summed E-state index contributed by atoms with van der Waals surface area (Å²) >= 11 is 1.17. The number of hydrogen-bond acceptors (Lipinski definition) is 8. The highest BCUT2D eigenvalue weighted by atomic mass is 32.1. The van der Waals surface area contributed by atoms with Gasteiger partial charge in [0.15, 0.2) is 5.13 Å². The SMILES string of the molecule is CCOC(=O)Cc1csc(NC(=O)Cn2nc([N+](=O)[O-])cc2C)n1. The molecule has 1 N–H and O–H groups in total. The fourth-order valence-corrected chi connectivity index (χ4v) is 2.57. The molecular weight excluding hydrogens is 338 g/mol. The van der Waals surface area contributed by atoms with Crippen LogP contribution in [-0.2, 0) is 27.3 Å². The summed E-state index contributed by atoms with van der Waals surface area (Å²) in [5.41, 5.74) is 0.999. The van der Waals surface area contributed by atoms with E-state index in [1.165, 1.54) is 22.1 Å². The summed E-state index contributed by atoms with van der Waals surface area (Å²) in [5.74, 6) is -1.13. The fourth-order valence-electron chi connectivity index (χ4n) is 1.84. The number of carbonyl (C=O) groups excluding carboxylic acids is 2. The topological polar surface area (TPSA) is 129 Å². The number of hydrogen-bond donors (Lipinski definition) is 1. The predicted molar refractivity (Wildman–Crippen MR) is 84.7 cm³/mol. The van der Waals surface area contributed by atoms with Crippen LogP contribution in [0.3, 0.4) is 0 Å². The smallest absolute Gasteiger partial charge is 0.390 e. The van der Waals surface area contributed by atoms with Gasteiger partial charge in [-0.2, -0.15) is 4.68 Å². The first kappa shape index (κ1) is 17.5. The zero-order valence-electron chi connectivity index (χ0n) is 13.0. The normalized spacial score (nSPS) is 10.4. The van der Waals surface area contributed by atoms with Crippen molar-refractivity contribution in [1.82, 2.24) is 14.8 Å². The third-order valence-corrected chi connectivity index (χ3v) is 3.68. The van der Waals surface area contributed by atoms with Crippen LogP contribution in [0, 0.1) is 17.0 Å². The fraction of sp³-hybridized carbons (Fsp3) is 0.385. The highest BCUT2D eigenvalue weighted by molar-refractivity contribution is 7.13. The molecule has 2 rings (SSSR count). The molecule has 0 saturated carbocycles. The van der Waals surface area contributed by atoms with Gasteiger partial charge < -0.3 is 20.2 Å². The summed E-state index contributed by atoms with van der Waals surface area (Å²) in [5, 5.41) is 18.9. The quantitative estimate of drug-likeness (QED) is 0.451. The van der Waals surface area contributed by atoms with Gasteiger partial charge in [-0.05, 0) is 18.8 Å². The van der Waals surface area contributed by atoms with E-state index in [0.717, 1.165) is 0 Å². The number of nitrogens with zero attached hydrogens (tertiary/aromatic N) is 4. The van der Waals surface area contributed by atoms with Crippen LogP contribution in [0.1, 0.15) is 18.3 Å². The highest BCUT2D eigenvalue weighted by Crippen LogP contribution is 2.17. The van der Waals surface area contributed by atoms with Gasteiger partial charge in [-0.15, -0.1) is 11.3 Å². The van der Waals surface area contributed by atoms with Gasteiger partial charge in [0, 0.05) is 5.38 Å². The van der Waals surface area contributed by atoms with Crippen molar-refractivity contribution in [3.8, 4) is 0 Å². The lowest BCUT2D eigenvalue weighted by molar-refractivity contribution is -0.389. The van der Waals surface area contributed by atoms with Crippen LogP contribution in [0.2, 0.25) is 0 Å². The maximum absolute atomic E-state index is 12.0. The minimum Gasteiger partial charge on any atom is -0.466 e. The number of rotatable bonds is 7. The van der Waals surface area contributed by atoms with E-state index in [-0.39, 0.29) is 24.8 Å². The van der Waals surface area contributed by atoms with E-state index in [1.54, 1.807) is 19.2 Å². The summed E-state index contributed by atoms with van der Waals surface area (Å²) in [6.45, 7) is 3.45. The molecule has 2 heterocycles. The van der Waals surface area contributed by atoms with Crippen LogP contribution in [0.25, 0.3) is 0 Å². The number of amides is 1. The Morgan fingerprint density at radius 3 is 2.88 bits per heavy atom. The Morgan fingerprint density at radius 1 is 1.50 bits per heavy atom. The molecule has 1 amide bonds. The first-order chi connectivity index (χ1) is 11.4. The molecule has 0 bridgehead atoms. The molecule has 2 aromatic heterocycles. The van der Waals surface area contributed by atoms with Crippen LogP contribution in [0.5, 0.6) is 0 Å². The van der Waals surface area contributed by atoms with Gasteiger partial charge in [-0.25, -0.2) is 4.98 Å². The minimum atomic E-state index is -0.621. The van der Waals surface area contributed by atoms with Gasteiger partial charge in [0.05, 0.1) is 35.6 Å². The molecule has 24 heavy (non-hydrogen) atoms. The number of nitrogens with one attached hydrogen (secondary N) is 1. The number of thiazole rings is 1. The zero-order chi connectivity index (χ0) is 17.7. The maximum atomic E-state index is 12.0. The lowest BCUT2D eigenvalue weighted by Gasteiger charge is -2.01. The molecule has 0 fully saturated rings. The molecule has 0 aliphatic carbocycles. The van der Waals surface area contributed by atoms with E-state index in [0.29, 0.717) is 23.1 Å². The van der Waals surface area contributed by atoms with E-state index >= 15 is 0 Å². The molecular formula is C13H15N5O5S. The number of ether oxygens (including phenoxy) is 1. The summed E-state index contributed by atoms with van der Waals surface area (Å²) in [4.78, 5) is 37.5. The first-order valence-electron chi connectivity index (χ1n) is 6.97. The first-order valence-corrected chi connectivity index (χ1v) is 7.85. The second kappa shape index (κ2) is 7.64. The molecule has 11 heteroatoms. The minimum absolute atomic E-state index is 0.0324. The van der Waals surface area contributed by atoms with E-state index < -0.39 is 10.8 Å². The Kier molecular flexibility index (Phi) is 5.58. The maximum Gasteiger partial charge on any atom is 0.390 e. The van der Waals surface area contributed by atoms with Crippen molar-refractivity contribution in [1.29, 1.82) is 0 Å². The standard InChI is InChI=1S/C13H15N5O5S/c1-3-23-12(20)5-9-7-24-13(14-9)15-11(19)6-17-8(2)4-10(16-17)18(21)22/h4,7H,3,5-6H2,1-2H3,(H,14,15,19). The third kappa shape index (κ3) is 4.59. The molecule has 0 unspecified atom stereocenters. The van der Waals surface area contributed by atoms with Crippen LogP contribution < -0.4 is 5.32 Å². The lowest BCUT2D eigenvalue weighted by atomic mass is 10.3. The molecule has 0 aliphatic heterocycles. The molecule has 0 atom stereocenters. The molecule has 2 aromatic rings. The molecule has 10 nitrogen and oxygen atoms in total. The Morgan fingerprint density at radius 2 is 2.25 bits per heavy atom. The van der Waals surface area contributed by atoms with E-state index in [4.69, 9.17) is 4.74 Å². The second-order valence-electron chi connectivity index (χ2n) is 4.73. The van der Waals surface area contributed by atoms with Crippen molar-refractivity contribution in [3.05, 3.63) is 32.9 Å². The van der Waals surface area contributed by atoms with Gasteiger partial charge in [-0.1, -0.05) is 0 Å². The van der Waals surface area contributed by atoms with Crippen molar-refractivity contribution >= 4 is 34.2 Å². The summed E-state index contributed by atoms with van der Waals surface area (Å²) < 4.78 is 6.06. The van der Waals surface area contributed by atoms with Crippen LogP contribution in [0.15, 0.2) is 11.4 Å². The number of carbonyl (C=O) groups is 2. The highest BCUT2D eigenvalue weighted by Gasteiger charge is 2.18. The van der Waals surface area contributed by atoms with Gasteiger partial charge in [-0.3, -0.25) is 9.59 Å². The summed E-state index contributed by atoms with van der Waals surface area (Å²) in [7, 11) is 0. The average molecular weight is 353 g/mol. The molecule has 0 aliphatic rings. The second-order valence-corrected chi connectivity index (χ2v) is 5.59. The van der Waals surface area contributed by atoms with E-state index in [1.807, 2.05) is 0 Å². The summed E-state index contributed by atoms with van der Waals surface area (Å²) in [6.07, 6.45) is 0.0324. The Hall–Kier alpha value is -2.82. The van der Waals surface area contributed by atoms with Gasteiger partial charge >= 0.3 is 11.8 Å². The van der Waals surface area contributed by atoms with Gasteiger partial charge in [0.1, 0.15) is 6.54 Å². The van der Waals surface area contributed by atoms with E-state index in [2.05, 4.69) is 15.4 Å². The molecule has 0 aromatic carbocycles. The van der Waals surface area contributed by atoms with Crippen molar-refractivity contribution in [2.24, 2.45) is 0 Å². The number of esters is 1. The van der Waals surface area contributed by atoms with Crippen molar-refractivity contribution in [2.45, 2.75) is 26.8 Å². The number of aromatic nitrogens is 3. The van der Waals surface area contributed by atoms with Crippen LogP contribution in [-0.4, -0.2) is 38.2 Å². The van der Waals surface area contributed by atoms with E-state index in [9.17, 15) is 19.7 Å². The Bertz CT molecular complexity index is 769. The molecule has 0 saturated heterocycles. The third-order valence-electron chi connectivity index (χ3n) is 2.88. The zero-order valence-corrected chi connectivity index (χ0v) is 13.8. The Balaban J connectivity index is 1.94. The monoisotopic (exact) mass is 353 g/mol. The van der Waals surface area contributed by atoms with Gasteiger partial charge in [0.2, 0.25) is 5.91 Å². The largest absolute Gasteiger partial charge is 0.466 e. The number of nitro groups is 1. The molecule has 0 radical (unpaired) electrons. The number of aryl methyl sites for hydroxylation is 1.